The highest BCUT2D eigenvalue weighted by Crippen LogP contribution is 2.21. The van der Waals surface area contributed by atoms with Crippen molar-refractivity contribution < 1.29 is 17.9 Å². The molecule has 1 aromatic rings. The number of benzene rings is 1. The van der Waals surface area contributed by atoms with Gasteiger partial charge in [-0.25, -0.2) is 8.42 Å². The first-order chi connectivity index (χ1) is 11.6. The Bertz CT molecular complexity index is 690. The van der Waals surface area contributed by atoms with Gasteiger partial charge in [0.1, 0.15) is 0 Å². The first-order valence-electron chi connectivity index (χ1n) is 8.67. The van der Waals surface area contributed by atoms with Crippen LogP contribution in [0.1, 0.15) is 45.0 Å². The molecule has 1 aliphatic rings. The zero-order valence-corrected chi connectivity index (χ0v) is 16.3. The number of carbonyl (C=O) groups is 1. The molecule has 7 heteroatoms. The molecule has 140 valence electrons. The molecule has 3 atom stereocenters. The van der Waals surface area contributed by atoms with E-state index in [0.717, 1.165) is 0 Å². The quantitative estimate of drug-likeness (QED) is 0.865. The highest BCUT2D eigenvalue weighted by Gasteiger charge is 2.32. The van der Waals surface area contributed by atoms with E-state index in [1.54, 1.807) is 12.1 Å². The average molecular weight is 368 g/mol. The van der Waals surface area contributed by atoms with Gasteiger partial charge in [0.15, 0.2) is 0 Å². The van der Waals surface area contributed by atoms with Crippen LogP contribution in [-0.4, -0.2) is 50.0 Å². The summed E-state index contributed by atoms with van der Waals surface area (Å²) in [7, 11) is -3.59. The summed E-state index contributed by atoms with van der Waals surface area (Å²) >= 11 is 0. The van der Waals surface area contributed by atoms with Crippen LogP contribution in [0.4, 0.5) is 0 Å². The van der Waals surface area contributed by atoms with Crippen molar-refractivity contribution in [2.24, 2.45) is 5.92 Å². The number of nitrogens with one attached hydrogen (secondary N) is 1. The molecule has 6 nitrogen and oxygen atoms in total. The summed E-state index contributed by atoms with van der Waals surface area (Å²) in [6, 6.07) is 6.15. The number of rotatable bonds is 5. The molecule has 0 aromatic heterocycles. The summed E-state index contributed by atoms with van der Waals surface area (Å²) in [5, 5.41) is 2.91. The van der Waals surface area contributed by atoms with E-state index in [1.807, 2.05) is 34.6 Å². The van der Waals surface area contributed by atoms with Gasteiger partial charge in [-0.1, -0.05) is 13.8 Å². The van der Waals surface area contributed by atoms with Gasteiger partial charge in [0.05, 0.1) is 17.1 Å². The minimum absolute atomic E-state index is 0.0484. The third-order valence-electron chi connectivity index (χ3n) is 4.50. The summed E-state index contributed by atoms with van der Waals surface area (Å²) in [6.07, 6.45) is -0.276. The molecule has 0 radical (unpaired) electrons. The lowest BCUT2D eigenvalue weighted by Crippen LogP contribution is -2.48. The Balaban J connectivity index is 2.14. The van der Waals surface area contributed by atoms with E-state index in [-0.39, 0.29) is 29.1 Å². The monoisotopic (exact) mass is 368 g/mol. The first kappa shape index (κ1) is 19.9. The molecule has 1 aliphatic heterocycles. The second kappa shape index (κ2) is 7.85. The Morgan fingerprint density at radius 3 is 2.12 bits per heavy atom. The second-order valence-electron chi connectivity index (χ2n) is 7.11. The van der Waals surface area contributed by atoms with Gasteiger partial charge in [-0.05, 0) is 51.0 Å². The van der Waals surface area contributed by atoms with Gasteiger partial charge < -0.3 is 10.1 Å². The summed E-state index contributed by atoms with van der Waals surface area (Å²) in [5.74, 6) is 0.132. The van der Waals surface area contributed by atoms with E-state index in [9.17, 15) is 13.2 Å². The SMILES string of the molecule is CC(C)[C@H](C)NC(=O)c1ccc(S(=O)(=O)N2C[C@H](C)O[C@@H](C)C2)cc1. The fraction of sp³-hybridized carbons (Fsp3) is 0.611. The number of nitrogens with zero attached hydrogens (tertiary/aromatic N) is 1. The standard InChI is InChI=1S/C18H28N2O4S/c1-12(2)15(5)19-18(21)16-6-8-17(9-7-16)25(22,23)20-10-13(3)24-14(4)11-20/h6-9,12-15H,10-11H2,1-5H3,(H,19,21)/t13-,14-,15-/m0/s1. The average Bonchev–Trinajstić information content (AvgIpc) is 2.53. The van der Waals surface area contributed by atoms with Crippen molar-refractivity contribution in [1.29, 1.82) is 0 Å². The smallest absolute Gasteiger partial charge is 0.251 e. The molecule has 0 unspecified atom stereocenters. The largest absolute Gasteiger partial charge is 0.373 e. The Morgan fingerprint density at radius 2 is 1.64 bits per heavy atom. The third kappa shape index (κ3) is 4.80. The summed E-state index contributed by atoms with van der Waals surface area (Å²) < 4.78 is 32.6. The fourth-order valence-electron chi connectivity index (χ4n) is 2.71. The van der Waals surface area contributed by atoms with E-state index >= 15 is 0 Å². The van der Waals surface area contributed by atoms with Gasteiger partial charge >= 0.3 is 0 Å². The van der Waals surface area contributed by atoms with Crippen LogP contribution < -0.4 is 5.32 Å². The minimum Gasteiger partial charge on any atom is -0.373 e. The lowest BCUT2D eigenvalue weighted by atomic mass is 10.1. The number of hydrogen-bond donors (Lipinski definition) is 1. The Labute approximate surface area is 150 Å². The van der Waals surface area contributed by atoms with Gasteiger partial charge in [0.2, 0.25) is 10.0 Å². The lowest BCUT2D eigenvalue weighted by Gasteiger charge is -2.34. The van der Waals surface area contributed by atoms with E-state index in [2.05, 4.69) is 5.32 Å². The van der Waals surface area contributed by atoms with Crippen LogP contribution in [0.2, 0.25) is 0 Å². The molecule has 1 aromatic carbocycles. The molecule has 2 rings (SSSR count). The maximum Gasteiger partial charge on any atom is 0.251 e. The fourth-order valence-corrected chi connectivity index (χ4v) is 4.30. The van der Waals surface area contributed by atoms with Crippen LogP contribution in [0.25, 0.3) is 0 Å². The molecule has 1 saturated heterocycles. The normalized spacial score (nSPS) is 23.4. The van der Waals surface area contributed by atoms with Crippen LogP contribution in [0, 0.1) is 5.92 Å². The second-order valence-corrected chi connectivity index (χ2v) is 9.05. The maximum atomic E-state index is 12.8. The molecule has 1 amide bonds. The molecule has 1 heterocycles. The van der Waals surface area contributed by atoms with Gasteiger partial charge in [-0.2, -0.15) is 4.31 Å². The van der Waals surface area contributed by atoms with Crippen molar-refractivity contribution in [3.05, 3.63) is 29.8 Å². The highest BCUT2D eigenvalue weighted by molar-refractivity contribution is 7.89. The van der Waals surface area contributed by atoms with Crippen LogP contribution in [0.3, 0.4) is 0 Å². The van der Waals surface area contributed by atoms with E-state index < -0.39 is 10.0 Å². The highest BCUT2D eigenvalue weighted by atomic mass is 32.2. The van der Waals surface area contributed by atoms with Crippen molar-refractivity contribution in [2.45, 2.75) is 57.8 Å². The van der Waals surface area contributed by atoms with E-state index in [1.165, 1.54) is 16.4 Å². The van der Waals surface area contributed by atoms with E-state index in [0.29, 0.717) is 24.6 Å². The molecular formula is C18H28N2O4S. The zero-order chi connectivity index (χ0) is 18.8. The lowest BCUT2D eigenvalue weighted by molar-refractivity contribution is -0.0440. The molecule has 0 saturated carbocycles. The third-order valence-corrected chi connectivity index (χ3v) is 6.35. The minimum atomic E-state index is -3.59. The molecule has 0 bridgehead atoms. The molecule has 0 aliphatic carbocycles. The number of hydrogen-bond acceptors (Lipinski definition) is 4. The molecule has 0 spiro atoms. The van der Waals surface area contributed by atoms with Crippen molar-refractivity contribution in [3.63, 3.8) is 0 Å². The molecule has 1 N–H and O–H groups in total. The predicted octanol–water partition coefficient (Wildman–Crippen LogP) is 2.26. The van der Waals surface area contributed by atoms with Gasteiger partial charge in [0.25, 0.3) is 5.91 Å². The van der Waals surface area contributed by atoms with Gasteiger partial charge in [-0.3, -0.25) is 4.79 Å². The zero-order valence-electron chi connectivity index (χ0n) is 15.5. The van der Waals surface area contributed by atoms with Crippen molar-refractivity contribution in [1.82, 2.24) is 9.62 Å². The van der Waals surface area contributed by atoms with Crippen LogP contribution in [0.5, 0.6) is 0 Å². The number of morpholine rings is 1. The number of sulfonamides is 1. The predicted molar refractivity (Wildman–Crippen MR) is 97.0 cm³/mol. The molecular weight excluding hydrogens is 340 g/mol. The Hall–Kier alpha value is -1.44. The Morgan fingerprint density at radius 1 is 1.12 bits per heavy atom. The number of ether oxygens (including phenoxy) is 1. The van der Waals surface area contributed by atoms with Gasteiger partial charge in [-0.15, -0.1) is 0 Å². The maximum absolute atomic E-state index is 12.8. The van der Waals surface area contributed by atoms with Crippen molar-refractivity contribution in [3.8, 4) is 0 Å². The van der Waals surface area contributed by atoms with Crippen LogP contribution >= 0.6 is 0 Å². The van der Waals surface area contributed by atoms with Crippen LogP contribution in [0.15, 0.2) is 29.2 Å². The van der Waals surface area contributed by atoms with Gasteiger partial charge in [0, 0.05) is 24.7 Å². The molecule has 25 heavy (non-hydrogen) atoms. The van der Waals surface area contributed by atoms with Crippen molar-refractivity contribution >= 4 is 15.9 Å². The van der Waals surface area contributed by atoms with Crippen LogP contribution in [-0.2, 0) is 14.8 Å². The summed E-state index contributed by atoms with van der Waals surface area (Å²) in [4.78, 5) is 12.4. The topological polar surface area (TPSA) is 75.7 Å². The number of amides is 1. The Kier molecular flexibility index (Phi) is 6.24. The van der Waals surface area contributed by atoms with E-state index in [4.69, 9.17) is 4.74 Å². The first-order valence-corrected chi connectivity index (χ1v) is 10.1. The summed E-state index contributed by atoms with van der Waals surface area (Å²) in [6.45, 7) is 10.4. The molecule has 1 fully saturated rings. The van der Waals surface area contributed by atoms with Crippen molar-refractivity contribution in [2.75, 3.05) is 13.1 Å². The number of carbonyl (C=O) groups excluding carboxylic acids is 1. The summed E-state index contributed by atoms with van der Waals surface area (Å²) in [5.41, 5.74) is 0.454.